The maximum Gasteiger partial charge on any atom is 0.313 e. The second-order valence-corrected chi connectivity index (χ2v) is 6.68. The highest BCUT2D eigenvalue weighted by Crippen LogP contribution is 2.50. The Kier molecular flexibility index (Phi) is 4.90. The quantitative estimate of drug-likeness (QED) is 0.814. The number of carbonyl (C=O) groups excluding carboxylic acids is 1. The van der Waals surface area contributed by atoms with Gasteiger partial charge in [0, 0.05) is 25.3 Å². The molecule has 0 saturated heterocycles. The average molecular weight is 331 g/mol. The summed E-state index contributed by atoms with van der Waals surface area (Å²) in [7, 11) is 0. The highest BCUT2D eigenvalue weighted by molar-refractivity contribution is 6.01. The van der Waals surface area contributed by atoms with E-state index < -0.39 is 17.4 Å². The van der Waals surface area contributed by atoms with Crippen molar-refractivity contribution in [1.82, 2.24) is 4.90 Å². The lowest BCUT2D eigenvalue weighted by Gasteiger charge is -2.49. The standard InChI is InChI=1S/C19H25NO4/c1-2-24-13-7-12-20-17(21)15-9-4-3-8-14(15)16(18(22)23)19(20)10-5-6-11-19/h3-4,8-9,16H,2,5-7,10-13H2,1H3,(H,22,23)/t16-/m1/s1. The number of rotatable bonds is 6. The number of amides is 1. The molecule has 1 fully saturated rings. The first-order valence-electron chi connectivity index (χ1n) is 8.83. The Hall–Kier alpha value is -1.88. The van der Waals surface area contributed by atoms with Gasteiger partial charge in [0.2, 0.25) is 0 Å². The van der Waals surface area contributed by atoms with Gasteiger partial charge < -0.3 is 14.7 Å². The summed E-state index contributed by atoms with van der Waals surface area (Å²) < 4.78 is 5.40. The van der Waals surface area contributed by atoms with Crippen molar-refractivity contribution in [3.8, 4) is 0 Å². The molecule has 24 heavy (non-hydrogen) atoms. The van der Waals surface area contributed by atoms with E-state index >= 15 is 0 Å². The van der Waals surface area contributed by atoms with E-state index in [1.807, 2.05) is 24.0 Å². The topological polar surface area (TPSA) is 66.8 Å². The third-order valence-corrected chi connectivity index (χ3v) is 5.41. The molecule has 0 aromatic heterocycles. The molecule has 1 aromatic rings. The molecule has 1 aromatic carbocycles. The van der Waals surface area contributed by atoms with Crippen molar-refractivity contribution in [1.29, 1.82) is 0 Å². The first kappa shape index (κ1) is 17.0. The molecule has 1 atom stereocenters. The molecule has 130 valence electrons. The van der Waals surface area contributed by atoms with Crippen LogP contribution in [0.3, 0.4) is 0 Å². The molecule has 5 heteroatoms. The van der Waals surface area contributed by atoms with Crippen LogP contribution in [0.25, 0.3) is 0 Å². The van der Waals surface area contributed by atoms with E-state index in [0.717, 1.165) is 32.1 Å². The molecule has 1 heterocycles. The van der Waals surface area contributed by atoms with Gasteiger partial charge >= 0.3 is 5.97 Å². The SMILES string of the molecule is CCOCCCN1C(=O)c2ccccc2[C@H](C(=O)O)C12CCCC2. The van der Waals surface area contributed by atoms with Crippen LogP contribution in [-0.2, 0) is 9.53 Å². The van der Waals surface area contributed by atoms with Crippen LogP contribution in [0.1, 0.15) is 60.9 Å². The van der Waals surface area contributed by atoms with Gasteiger partial charge in [0.25, 0.3) is 5.91 Å². The lowest BCUT2D eigenvalue weighted by atomic mass is 9.71. The largest absolute Gasteiger partial charge is 0.481 e. The van der Waals surface area contributed by atoms with E-state index in [-0.39, 0.29) is 5.91 Å². The van der Waals surface area contributed by atoms with E-state index in [1.54, 1.807) is 12.1 Å². The van der Waals surface area contributed by atoms with Crippen LogP contribution in [0.2, 0.25) is 0 Å². The van der Waals surface area contributed by atoms with Crippen LogP contribution in [0.15, 0.2) is 24.3 Å². The fourth-order valence-corrected chi connectivity index (χ4v) is 4.44. The predicted molar refractivity (Wildman–Crippen MR) is 90.2 cm³/mol. The minimum Gasteiger partial charge on any atom is -0.481 e. The zero-order valence-electron chi connectivity index (χ0n) is 14.2. The number of nitrogens with zero attached hydrogens (tertiary/aromatic N) is 1. The second-order valence-electron chi connectivity index (χ2n) is 6.68. The number of hydrogen-bond acceptors (Lipinski definition) is 3. The molecule has 5 nitrogen and oxygen atoms in total. The van der Waals surface area contributed by atoms with Gasteiger partial charge in [0.1, 0.15) is 5.92 Å². The van der Waals surface area contributed by atoms with Gasteiger partial charge in [-0.3, -0.25) is 9.59 Å². The van der Waals surface area contributed by atoms with Crippen molar-refractivity contribution in [2.45, 2.75) is 50.5 Å². The predicted octanol–water partition coefficient (Wildman–Crippen LogP) is 3.05. The zero-order chi connectivity index (χ0) is 17.2. The summed E-state index contributed by atoms with van der Waals surface area (Å²) in [5.74, 6) is -1.49. The van der Waals surface area contributed by atoms with Crippen LogP contribution in [-0.4, -0.2) is 47.2 Å². The maximum absolute atomic E-state index is 13.1. The number of aliphatic carboxylic acids is 1. The summed E-state index contributed by atoms with van der Waals surface area (Å²) in [6, 6.07) is 7.20. The molecule has 1 aliphatic carbocycles. The van der Waals surface area contributed by atoms with Crippen molar-refractivity contribution in [2.75, 3.05) is 19.8 Å². The van der Waals surface area contributed by atoms with E-state index in [9.17, 15) is 14.7 Å². The molecule has 3 rings (SSSR count). The first-order valence-corrected chi connectivity index (χ1v) is 8.83. The maximum atomic E-state index is 13.1. The van der Waals surface area contributed by atoms with Crippen molar-refractivity contribution >= 4 is 11.9 Å². The number of carboxylic acids is 1. The molecule has 0 unspecified atom stereocenters. The highest BCUT2D eigenvalue weighted by Gasteiger charge is 2.55. The van der Waals surface area contributed by atoms with Crippen molar-refractivity contribution in [3.05, 3.63) is 35.4 Å². The number of hydrogen-bond donors (Lipinski definition) is 1. The van der Waals surface area contributed by atoms with Crippen molar-refractivity contribution in [3.63, 3.8) is 0 Å². The van der Waals surface area contributed by atoms with Crippen LogP contribution >= 0.6 is 0 Å². The van der Waals surface area contributed by atoms with E-state index in [4.69, 9.17) is 4.74 Å². The first-order chi connectivity index (χ1) is 11.6. The minimum absolute atomic E-state index is 0.0264. The average Bonchev–Trinajstić information content (AvgIpc) is 3.03. The molecule has 0 radical (unpaired) electrons. The number of benzene rings is 1. The molecule has 1 spiro atoms. The number of carbonyl (C=O) groups is 2. The monoisotopic (exact) mass is 331 g/mol. The van der Waals surface area contributed by atoms with Gasteiger partial charge in [-0.15, -0.1) is 0 Å². The summed E-state index contributed by atoms with van der Waals surface area (Å²) >= 11 is 0. The van der Waals surface area contributed by atoms with E-state index in [1.165, 1.54) is 0 Å². The molecule has 1 saturated carbocycles. The van der Waals surface area contributed by atoms with Crippen LogP contribution in [0.5, 0.6) is 0 Å². The molecular weight excluding hydrogens is 306 g/mol. The van der Waals surface area contributed by atoms with Crippen LogP contribution < -0.4 is 0 Å². The Labute approximate surface area is 142 Å². The summed E-state index contributed by atoms with van der Waals surface area (Å²) in [6.45, 7) is 3.74. The van der Waals surface area contributed by atoms with Crippen LogP contribution in [0.4, 0.5) is 0 Å². The third-order valence-electron chi connectivity index (χ3n) is 5.41. The van der Waals surface area contributed by atoms with E-state index in [0.29, 0.717) is 30.9 Å². The van der Waals surface area contributed by atoms with Gasteiger partial charge in [0.05, 0.1) is 5.54 Å². The zero-order valence-corrected chi connectivity index (χ0v) is 14.2. The number of fused-ring (bicyclic) bond motifs is 1. The van der Waals surface area contributed by atoms with Crippen LogP contribution in [0, 0.1) is 0 Å². The van der Waals surface area contributed by atoms with Crippen molar-refractivity contribution in [2.24, 2.45) is 0 Å². The van der Waals surface area contributed by atoms with E-state index in [2.05, 4.69) is 0 Å². The lowest BCUT2D eigenvalue weighted by Crippen LogP contribution is -2.59. The normalized spacial score (nSPS) is 22.0. The van der Waals surface area contributed by atoms with Gasteiger partial charge in [-0.2, -0.15) is 0 Å². The summed E-state index contributed by atoms with van der Waals surface area (Å²) in [5.41, 5.74) is 0.639. The minimum atomic E-state index is -0.827. The van der Waals surface area contributed by atoms with Gasteiger partial charge in [-0.1, -0.05) is 31.0 Å². The Morgan fingerprint density at radius 3 is 2.71 bits per heavy atom. The van der Waals surface area contributed by atoms with Gasteiger partial charge in [0.15, 0.2) is 0 Å². The summed E-state index contributed by atoms with van der Waals surface area (Å²) in [4.78, 5) is 27.1. The lowest BCUT2D eigenvalue weighted by molar-refractivity contribution is -0.143. The fraction of sp³-hybridized carbons (Fsp3) is 0.579. The molecule has 2 aliphatic rings. The molecule has 1 aliphatic heterocycles. The van der Waals surface area contributed by atoms with Gasteiger partial charge in [-0.25, -0.2) is 0 Å². The smallest absolute Gasteiger partial charge is 0.313 e. The van der Waals surface area contributed by atoms with Gasteiger partial charge in [-0.05, 0) is 37.8 Å². The summed E-state index contributed by atoms with van der Waals surface area (Å²) in [5, 5.41) is 9.96. The van der Waals surface area contributed by atoms with Crippen molar-refractivity contribution < 1.29 is 19.4 Å². The highest BCUT2D eigenvalue weighted by atomic mass is 16.5. The molecule has 1 amide bonds. The Morgan fingerprint density at radius 1 is 1.33 bits per heavy atom. The fourth-order valence-electron chi connectivity index (χ4n) is 4.44. The Balaban J connectivity index is 2.00. The molecular formula is C19H25NO4. The third kappa shape index (κ3) is 2.71. The Bertz CT molecular complexity index is 622. The number of carboxylic acid groups (broad SMARTS) is 1. The molecule has 1 N–H and O–H groups in total. The Morgan fingerprint density at radius 2 is 2.04 bits per heavy atom. The number of ether oxygens (including phenoxy) is 1. The second kappa shape index (κ2) is 6.93. The molecule has 0 bridgehead atoms. The summed E-state index contributed by atoms with van der Waals surface area (Å²) in [6.07, 6.45) is 4.20.